The van der Waals surface area contributed by atoms with Crippen molar-refractivity contribution in [2.45, 2.75) is 56.0 Å². The second-order valence-corrected chi connectivity index (χ2v) is 9.99. The Morgan fingerprint density at radius 3 is 2.48 bits per heavy atom. The number of amides is 1. The van der Waals surface area contributed by atoms with Gasteiger partial charge in [-0.3, -0.25) is 14.8 Å². The fourth-order valence-electron chi connectivity index (χ4n) is 3.78. The van der Waals surface area contributed by atoms with Crippen molar-refractivity contribution in [3.8, 4) is 0 Å². The number of nitrogens with two attached hydrogens (primary N) is 2. The predicted molar refractivity (Wildman–Crippen MR) is 107 cm³/mol. The Hall–Kier alpha value is -1.47. The van der Waals surface area contributed by atoms with Crippen LogP contribution in [0, 0.1) is 5.92 Å². The van der Waals surface area contributed by atoms with Crippen LogP contribution in [0.15, 0.2) is 9.98 Å². The number of aliphatic imine (C=N–C) groups is 2. The summed E-state index contributed by atoms with van der Waals surface area (Å²) in [4.78, 5) is 20.8. The Morgan fingerprint density at radius 1 is 1.21 bits per heavy atom. The van der Waals surface area contributed by atoms with Crippen LogP contribution in [-0.2, 0) is 19.4 Å². The van der Waals surface area contributed by atoms with Crippen LogP contribution >= 0.6 is 0 Å². The van der Waals surface area contributed by atoms with E-state index in [0.717, 1.165) is 19.0 Å². The van der Waals surface area contributed by atoms with Crippen molar-refractivity contribution in [1.29, 1.82) is 0 Å². The molecule has 0 aromatic carbocycles. The molecular weight excluding hydrogens is 403 g/mol. The number of halogens is 1. The van der Waals surface area contributed by atoms with E-state index < -0.39 is 40.2 Å². The molecule has 3 heterocycles. The van der Waals surface area contributed by atoms with Crippen LogP contribution in [0.25, 0.3) is 0 Å². The lowest BCUT2D eigenvalue weighted by molar-refractivity contribution is -0.129. The minimum atomic E-state index is -2.97. The number of carbonyl (C=O) groups is 1. The van der Waals surface area contributed by atoms with E-state index in [2.05, 4.69) is 20.6 Å². The summed E-state index contributed by atoms with van der Waals surface area (Å²) in [5.74, 6) is -1.13. The fraction of sp³-hybridized carbons (Fsp3) is 0.824. The maximum atomic E-state index is 13.2. The lowest BCUT2D eigenvalue weighted by Crippen LogP contribution is -2.60. The van der Waals surface area contributed by atoms with Crippen molar-refractivity contribution in [2.75, 3.05) is 24.6 Å². The third-order valence-corrected chi connectivity index (χ3v) is 7.13. The van der Waals surface area contributed by atoms with Crippen LogP contribution < -0.4 is 22.1 Å². The second kappa shape index (κ2) is 9.56. The molecule has 0 saturated carbocycles. The van der Waals surface area contributed by atoms with Crippen LogP contribution in [0.1, 0.15) is 19.3 Å². The summed E-state index contributed by atoms with van der Waals surface area (Å²) in [6.07, 6.45) is 0.0541. The molecule has 3 aliphatic rings. The zero-order valence-electron chi connectivity index (χ0n) is 16.1. The zero-order chi connectivity index (χ0) is 21.0. The summed E-state index contributed by atoms with van der Waals surface area (Å²) in [6.45, 7) is 1.23. The summed E-state index contributed by atoms with van der Waals surface area (Å²) in [5.41, 5.74) is 11.6. The number of nitrogens with zero attached hydrogens (tertiary/aromatic N) is 2. The number of nitrogens with one attached hydrogen (secondary N) is 2. The number of hydrogen-bond donors (Lipinski definition) is 4. The van der Waals surface area contributed by atoms with Gasteiger partial charge in [0.15, 0.2) is 22.2 Å². The molecule has 12 heteroatoms. The molecule has 0 radical (unpaired) electrons. The highest BCUT2D eigenvalue weighted by atomic mass is 32.2. The molecular formula is C17H29FN6O4S. The molecule has 164 valence electrons. The number of ether oxygens (including phenoxy) is 1. The largest absolute Gasteiger partial charge is 0.373 e. The second-order valence-electron chi connectivity index (χ2n) is 7.69. The molecule has 0 bridgehead atoms. The topological polar surface area (TPSA) is 161 Å². The number of hydrogen-bond acceptors (Lipinski definition) is 9. The third-order valence-electron chi connectivity index (χ3n) is 5.42. The monoisotopic (exact) mass is 432 g/mol. The van der Waals surface area contributed by atoms with Crippen LogP contribution in [-0.4, -0.2) is 88.1 Å². The average molecular weight is 433 g/mol. The van der Waals surface area contributed by atoms with E-state index in [1.54, 1.807) is 0 Å². The van der Waals surface area contributed by atoms with Gasteiger partial charge in [-0.15, -0.1) is 0 Å². The summed E-state index contributed by atoms with van der Waals surface area (Å²) in [7, 11) is -2.97. The van der Waals surface area contributed by atoms with Crippen molar-refractivity contribution < 1.29 is 22.3 Å². The normalized spacial score (nSPS) is 33.5. The van der Waals surface area contributed by atoms with Crippen molar-refractivity contribution in [3.05, 3.63) is 0 Å². The van der Waals surface area contributed by atoms with E-state index in [0.29, 0.717) is 25.8 Å². The molecule has 3 aliphatic heterocycles. The average Bonchev–Trinajstić information content (AvgIpc) is 2.66. The first-order chi connectivity index (χ1) is 13.7. The minimum absolute atomic E-state index is 0.122. The molecule has 0 aliphatic carbocycles. The van der Waals surface area contributed by atoms with Crippen LogP contribution in [0.4, 0.5) is 4.39 Å². The van der Waals surface area contributed by atoms with E-state index in [1.807, 2.05) is 0 Å². The summed E-state index contributed by atoms with van der Waals surface area (Å²) in [6, 6.07) is -0.332. The molecule has 0 spiro atoms. The molecule has 3 atom stereocenters. The smallest absolute Gasteiger partial charge is 0.230 e. The standard InChI is InChI=1S/C17H29FN6O4S/c18-10-7-22-16(23-8-10)14(15(19)20)17(25)24-12-9-21-4-1-13(12)28-11-2-5-29(26,27)6-3-11/h7-8,10-16,21H,1-6,9,19-20H2,(H,24,25). The van der Waals surface area contributed by atoms with E-state index in [4.69, 9.17) is 16.2 Å². The van der Waals surface area contributed by atoms with E-state index in [9.17, 15) is 17.6 Å². The SMILES string of the molecule is NC(N)C(C(=O)NC1CNCCC1OC1CCS(=O)(=O)CC1)C1N=CC(F)C=N1. The van der Waals surface area contributed by atoms with Gasteiger partial charge < -0.3 is 26.8 Å². The molecule has 29 heavy (non-hydrogen) atoms. The van der Waals surface area contributed by atoms with Gasteiger partial charge in [-0.1, -0.05) is 0 Å². The lowest BCUT2D eigenvalue weighted by atomic mass is 9.98. The molecule has 6 N–H and O–H groups in total. The number of sulfone groups is 1. The molecule has 0 aromatic heterocycles. The molecule has 0 aromatic rings. The predicted octanol–water partition coefficient (Wildman–Crippen LogP) is -1.89. The number of alkyl halides is 1. The van der Waals surface area contributed by atoms with Gasteiger partial charge in [-0.25, -0.2) is 12.8 Å². The minimum Gasteiger partial charge on any atom is -0.373 e. The fourth-order valence-corrected chi connectivity index (χ4v) is 5.23. The van der Waals surface area contributed by atoms with Gasteiger partial charge in [0, 0.05) is 19.0 Å². The van der Waals surface area contributed by atoms with Gasteiger partial charge in [0.25, 0.3) is 0 Å². The maximum Gasteiger partial charge on any atom is 0.230 e. The van der Waals surface area contributed by atoms with Gasteiger partial charge in [0.1, 0.15) is 5.92 Å². The van der Waals surface area contributed by atoms with Crippen LogP contribution in [0.3, 0.4) is 0 Å². The van der Waals surface area contributed by atoms with Crippen LogP contribution in [0.2, 0.25) is 0 Å². The number of piperidine rings is 1. The van der Waals surface area contributed by atoms with E-state index in [-0.39, 0.29) is 29.8 Å². The summed E-state index contributed by atoms with van der Waals surface area (Å²) in [5, 5.41) is 6.13. The Labute approximate surface area is 169 Å². The van der Waals surface area contributed by atoms with Gasteiger partial charge in [-0.2, -0.15) is 0 Å². The highest BCUT2D eigenvalue weighted by molar-refractivity contribution is 7.91. The van der Waals surface area contributed by atoms with Crippen molar-refractivity contribution in [1.82, 2.24) is 10.6 Å². The molecule has 2 fully saturated rings. The maximum absolute atomic E-state index is 13.2. The zero-order valence-corrected chi connectivity index (χ0v) is 16.9. The molecule has 1 amide bonds. The van der Waals surface area contributed by atoms with Crippen molar-refractivity contribution in [2.24, 2.45) is 27.4 Å². The Morgan fingerprint density at radius 2 is 1.86 bits per heavy atom. The summed E-state index contributed by atoms with van der Waals surface area (Å²) < 4.78 is 42.6. The Kier molecular flexibility index (Phi) is 7.32. The highest BCUT2D eigenvalue weighted by Gasteiger charge is 2.37. The van der Waals surface area contributed by atoms with Gasteiger partial charge in [-0.05, 0) is 25.8 Å². The molecule has 10 nitrogen and oxygen atoms in total. The molecule has 3 unspecified atom stereocenters. The van der Waals surface area contributed by atoms with Crippen LogP contribution in [0.5, 0.6) is 0 Å². The van der Waals surface area contributed by atoms with E-state index >= 15 is 0 Å². The first-order valence-electron chi connectivity index (χ1n) is 9.84. The van der Waals surface area contributed by atoms with Gasteiger partial charge in [0.05, 0.1) is 35.9 Å². The Balaban J connectivity index is 1.62. The van der Waals surface area contributed by atoms with Crippen molar-refractivity contribution in [3.63, 3.8) is 0 Å². The first-order valence-corrected chi connectivity index (χ1v) is 11.7. The highest BCUT2D eigenvalue weighted by Crippen LogP contribution is 2.21. The Bertz CT molecular complexity index is 718. The lowest BCUT2D eigenvalue weighted by Gasteiger charge is -2.37. The van der Waals surface area contributed by atoms with E-state index in [1.165, 1.54) is 0 Å². The molecule has 3 rings (SSSR count). The first kappa shape index (κ1) is 22.2. The van der Waals surface area contributed by atoms with Gasteiger partial charge >= 0.3 is 0 Å². The molecule has 2 saturated heterocycles. The van der Waals surface area contributed by atoms with Crippen molar-refractivity contribution >= 4 is 28.2 Å². The quantitative estimate of drug-likeness (QED) is 0.357. The third kappa shape index (κ3) is 6.01. The summed E-state index contributed by atoms with van der Waals surface area (Å²) >= 11 is 0. The number of rotatable bonds is 6. The van der Waals surface area contributed by atoms with Gasteiger partial charge in [0.2, 0.25) is 5.91 Å². The number of carbonyl (C=O) groups excluding carboxylic acids is 1.